The number of rotatable bonds is 3. The van der Waals surface area contributed by atoms with E-state index in [4.69, 9.17) is 14.0 Å². The minimum Gasteiger partial charge on any atom is -0.473 e. The molecule has 0 aliphatic carbocycles. The normalized spacial score (nSPS) is 22.2. The number of hydrogen-bond acceptors (Lipinski definition) is 7. The summed E-state index contributed by atoms with van der Waals surface area (Å²) >= 11 is 0. The molecular formula is C16H18N4O4. The van der Waals surface area contributed by atoms with Crippen LogP contribution in [-0.4, -0.2) is 57.3 Å². The summed E-state index contributed by atoms with van der Waals surface area (Å²) in [5, 5.41) is 3.75. The van der Waals surface area contributed by atoms with Crippen molar-refractivity contribution in [2.45, 2.75) is 31.5 Å². The van der Waals surface area contributed by atoms with Gasteiger partial charge in [0.15, 0.2) is 0 Å². The molecule has 8 heteroatoms. The number of hydrogen-bond donors (Lipinski definition) is 0. The van der Waals surface area contributed by atoms with E-state index < -0.39 is 0 Å². The Morgan fingerprint density at radius 1 is 1.42 bits per heavy atom. The van der Waals surface area contributed by atoms with Gasteiger partial charge in [-0.25, -0.2) is 4.98 Å². The molecule has 2 aliphatic rings. The van der Waals surface area contributed by atoms with E-state index in [0.29, 0.717) is 31.3 Å². The number of amides is 1. The molecule has 0 bridgehead atoms. The minimum atomic E-state index is -0.337. The van der Waals surface area contributed by atoms with Crippen molar-refractivity contribution in [2.75, 3.05) is 19.7 Å². The van der Waals surface area contributed by atoms with E-state index in [-0.39, 0.29) is 23.4 Å². The molecule has 1 atom stereocenters. The first-order valence-corrected chi connectivity index (χ1v) is 7.93. The molecule has 2 aromatic rings. The van der Waals surface area contributed by atoms with Crippen LogP contribution in [0.1, 0.15) is 29.1 Å². The van der Waals surface area contributed by atoms with Gasteiger partial charge in [-0.2, -0.15) is 0 Å². The minimum absolute atomic E-state index is 0.0141. The van der Waals surface area contributed by atoms with E-state index in [1.165, 1.54) is 0 Å². The Morgan fingerprint density at radius 2 is 2.29 bits per heavy atom. The second-order valence-corrected chi connectivity index (χ2v) is 6.30. The molecule has 2 aliphatic heterocycles. The Hall–Kier alpha value is -2.48. The fraction of sp³-hybridized carbons (Fsp3) is 0.500. The molecule has 2 saturated heterocycles. The van der Waals surface area contributed by atoms with E-state index in [1.54, 1.807) is 36.5 Å². The zero-order chi connectivity index (χ0) is 16.6. The van der Waals surface area contributed by atoms with Crippen LogP contribution in [0, 0.1) is 6.92 Å². The quantitative estimate of drug-likeness (QED) is 0.836. The van der Waals surface area contributed by atoms with Gasteiger partial charge in [0.25, 0.3) is 5.91 Å². The van der Waals surface area contributed by atoms with E-state index >= 15 is 0 Å². The summed E-state index contributed by atoms with van der Waals surface area (Å²) in [5.74, 6) is 0.635. The Kier molecular flexibility index (Phi) is 3.68. The summed E-state index contributed by atoms with van der Waals surface area (Å²) in [6.07, 6.45) is 6.36. The lowest BCUT2D eigenvalue weighted by molar-refractivity contribution is -0.174. The molecule has 4 heterocycles. The molecule has 0 aromatic carbocycles. The summed E-state index contributed by atoms with van der Waals surface area (Å²) in [5.41, 5.74) is 0.357. The first kappa shape index (κ1) is 15.1. The van der Waals surface area contributed by atoms with Gasteiger partial charge in [-0.05, 0) is 6.92 Å². The lowest BCUT2D eigenvalue weighted by atomic mass is 9.84. The van der Waals surface area contributed by atoms with Gasteiger partial charge in [0.1, 0.15) is 11.7 Å². The maximum atomic E-state index is 12.3. The second kappa shape index (κ2) is 5.86. The Balaban J connectivity index is 1.36. The summed E-state index contributed by atoms with van der Waals surface area (Å²) in [6.45, 7) is 3.46. The zero-order valence-corrected chi connectivity index (χ0v) is 13.3. The van der Waals surface area contributed by atoms with Gasteiger partial charge in [-0.1, -0.05) is 5.16 Å². The molecule has 4 rings (SSSR count). The maximum absolute atomic E-state index is 12.3. The molecule has 126 valence electrons. The van der Waals surface area contributed by atoms with Crippen molar-refractivity contribution in [1.29, 1.82) is 0 Å². The lowest BCUT2D eigenvalue weighted by Gasteiger charge is -2.52. The molecule has 0 N–H and O–H groups in total. The van der Waals surface area contributed by atoms with Crippen LogP contribution >= 0.6 is 0 Å². The zero-order valence-electron chi connectivity index (χ0n) is 13.3. The first-order chi connectivity index (χ1) is 11.6. The van der Waals surface area contributed by atoms with Crippen LogP contribution in [0.15, 0.2) is 29.2 Å². The van der Waals surface area contributed by atoms with Crippen molar-refractivity contribution in [3.63, 3.8) is 0 Å². The number of carbonyl (C=O) groups excluding carboxylic acids is 1. The van der Waals surface area contributed by atoms with Gasteiger partial charge in [-0.3, -0.25) is 9.78 Å². The van der Waals surface area contributed by atoms with Gasteiger partial charge < -0.3 is 18.9 Å². The van der Waals surface area contributed by atoms with Crippen molar-refractivity contribution in [3.8, 4) is 5.88 Å². The Morgan fingerprint density at radius 3 is 3.00 bits per heavy atom. The van der Waals surface area contributed by atoms with Crippen molar-refractivity contribution in [2.24, 2.45) is 0 Å². The highest BCUT2D eigenvalue weighted by molar-refractivity contribution is 5.92. The van der Waals surface area contributed by atoms with Gasteiger partial charge in [0.2, 0.25) is 11.6 Å². The van der Waals surface area contributed by atoms with E-state index in [2.05, 4.69) is 15.1 Å². The van der Waals surface area contributed by atoms with E-state index in [1.807, 2.05) is 0 Å². The fourth-order valence-electron chi connectivity index (χ4n) is 3.23. The summed E-state index contributed by atoms with van der Waals surface area (Å²) in [7, 11) is 0. The van der Waals surface area contributed by atoms with Gasteiger partial charge in [0.05, 0.1) is 31.6 Å². The number of carbonyl (C=O) groups is 1. The third kappa shape index (κ3) is 2.84. The molecule has 8 nitrogen and oxygen atoms in total. The predicted octanol–water partition coefficient (Wildman–Crippen LogP) is 1.23. The highest BCUT2D eigenvalue weighted by Crippen LogP contribution is 2.36. The molecule has 2 fully saturated rings. The molecule has 0 radical (unpaired) electrons. The molecule has 24 heavy (non-hydrogen) atoms. The standard InChI is InChI=1S/C16H18N4O4/c1-11-6-13(24-19-11)15(21)20-9-16(10-20)7-12(2-5-22-16)23-14-8-17-3-4-18-14/h3-4,6,8,12H,2,5,7,9-10H2,1H3/t12-/m0/s1. The smallest absolute Gasteiger partial charge is 0.292 e. The number of aromatic nitrogens is 3. The summed E-state index contributed by atoms with van der Waals surface area (Å²) < 4.78 is 16.9. The monoisotopic (exact) mass is 330 g/mol. The topological polar surface area (TPSA) is 90.6 Å². The Bertz CT molecular complexity index is 727. The molecule has 0 unspecified atom stereocenters. The average Bonchev–Trinajstić information content (AvgIpc) is 3.00. The second-order valence-electron chi connectivity index (χ2n) is 6.30. The lowest BCUT2D eigenvalue weighted by Crippen LogP contribution is -2.67. The third-order valence-corrected chi connectivity index (χ3v) is 4.36. The predicted molar refractivity (Wildman–Crippen MR) is 81.5 cm³/mol. The van der Waals surface area contributed by atoms with Crippen LogP contribution in [0.25, 0.3) is 0 Å². The van der Waals surface area contributed by atoms with Crippen molar-refractivity contribution in [3.05, 3.63) is 36.1 Å². The number of aryl methyl sites for hydroxylation is 1. The average molecular weight is 330 g/mol. The number of ether oxygens (including phenoxy) is 2. The van der Waals surface area contributed by atoms with Gasteiger partial charge in [-0.15, -0.1) is 0 Å². The van der Waals surface area contributed by atoms with Crippen LogP contribution in [-0.2, 0) is 4.74 Å². The SMILES string of the molecule is Cc1cc(C(=O)N2CC3(C[C@@H](Oc4cnccn4)CCO3)C2)on1. The molecule has 1 amide bonds. The van der Waals surface area contributed by atoms with Crippen LogP contribution in [0.2, 0.25) is 0 Å². The van der Waals surface area contributed by atoms with Crippen LogP contribution in [0.5, 0.6) is 5.88 Å². The van der Waals surface area contributed by atoms with Crippen molar-refractivity contribution in [1.82, 2.24) is 20.0 Å². The van der Waals surface area contributed by atoms with E-state index in [9.17, 15) is 4.79 Å². The molecule has 2 aromatic heterocycles. The summed E-state index contributed by atoms with van der Waals surface area (Å²) in [4.78, 5) is 22.2. The largest absolute Gasteiger partial charge is 0.473 e. The fourth-order valence-corrected chi connectivity index (χ4v) is 3.23. The van der Waals surface area contributed by atoms with E-state index in [0.717, 1.165) is 12.8 Å². The Labute approximate surface area is 138 Å². The number of nitrogens with zero attached hydrogens (tertiary/aromatic N) is 4. The highest BCUT2D eigenvalue weighted by atomic mass is 16.5. The molecule has 1 spiro atoms. The molecule has 0 saturated carbocycles. The van der Waals surface area contributed by atoms with Crippen LogP contribution in [0.3, 0.4) is 0 Å². The van der Waals surface area contributed by atoms with Crippen LogP contribution in [0.4, 0.5) is 0 Å². The van der Waals surface area contributed by atoms with Crippen molar-refractivity contribution < 1.29 is 18.8 Å². The highest BCUT2D eigenvalue weighted by Gasteiger charge is 2.50. The third-order valence-electron chi connectivity index (χ3n) is 4.36. The number of likely N-dealkylation sites (tertiary alicyclic amines) is 1. The van der Waals surface area contributed by atoms with Gasteiger partial charge >= 0.3 is 0 Å². The maximum Gasteiger partial charge on any atom is 0.292 e. The van der Waals surface area contributed by atoms with Crippen molar-refractivity contribution >= 4 is 5.91 Å². The summed E-state index contributed by atoms with van der Waals surface area (Å²) in [6, 6.07) is 1.65. The van der Waals surface area contributed by atoms with Crippen LogP contribution < -0.4 is 4.74 Å². The molecular weight excluding hydrogens is 312 g/mol. The van der Waals surface area contributed by atoms with Gasteiger partial charge in [0, 0.05) is 31.3 Å². The first-order valence-electron chi connectivity index (χ1n) is 7.93.